The highest BCUT2D eigenvalue weighted by Crippen LogP contribution is 2.35. The summed E-state index contributed by atoms with van der Waals surface area (Å²) in [7, 11) is 0. The number of carbonyl (C=O) groups excluding carboxylic acids is 3. The molecule has 2 aromatic heterocycles. The van der Waals surface area contributed by atoms with Crippen LogP contribution < -0.4 is 10.6 Å². The number of imide groups is 1. The van der Waals surface area contributed by atoms with Gasteiger partial charge in [-0.25, -0.2) is 9.78 Å². The third-order valence-electron chi connectivity index (χ3n) is 7.07. The van der Waals surface area contributed by atoms with Crippen LogP contribution in [0, 0.1) is 13.8 Å². The molecule has 2 aliphatic rings. The Morgan fingerprint density at radius 2 is 1.91 bits per heavy atom. The third-order valence-corrected chi connectivity index (χ3v) is 7.83. The number of carbonyl (C=O) groups is 3. The molecule has 1 aliphatic heterocycles. The molecule has 3 aromatic rings. The van der Waals surface area contributed by atoms with Crippen molar-refractivity contribution in [2.45, 2.75) is 58.0 Å². The monoisotopic (exact) mass is 491 g/mol. The van der Waals surface area contributed by atoms with Crippen molar-refractivity contribution in [2.75, 3.05) is 11.9 Å². The first-order chi connectivity index (χ1) is 16.9. The van der Waals surface area contributed by atoms with E-state index in [0.717, 1.165) is 53.4 Å². The molecule has 0 unspecified atom stereocenters. The average Bonchev–Trinajstić information content (AvgIpc) is 3.60. The Hall–Kier alpha value is -3.46. The second kappa shape index (κ2) is 9.30. The van der Waals surface area contributed by atoms with Crippen molar-refractivity contribution < 1.29 is 14.4 Å². The molecule has 3 heterocycles. The number of hydrogen-bond donors (Lipinski definition) is 2. The first-order valence-corrected chi connectivity index (χ1v) is 12.8. The molecule has 1 saturated heterocycles. The zero-order valence-electron chi connectivity index (χ0n) is 20.0. The molecule has 0 atom stereocenters. The molecule has 8 nitrogen and oxygen atoms in total. The summed E-state index contributed by atoms with van der Waals surface area (Å²) in [6, 6.07) is 12.0. The predicted molar refractivity (Wildman–Crippen MR) is 135 cm³/mol. The Balaban J connectivity index is 1.24. The largest absolute Gasteiger partial charge is 0.348 e. The number of amides is 4. The second-order valence-electron chi connectivity index (χ2n) is 9.37. The van der Waals surface area contributed by atoms with Crippen LogP contribution in [0.5, 0.6) is 0 Å². The first kappa shape index (κ1) is 23.3. The van der Waals surface area contributed by atoms with Crippen molar-refractivity contribution in [3.8, 4) is 11.3 Å². The van der Waals surface area contributed by atoms with Crippen molar-refractivity contribution in [2.24, 2.45) is 0 Å². The summed E-state index contributed by atoms with van der Waals surface area (Å²) in [4.78, 5) is 43.4. The van der Waals surface area contributed by atoms with Crippen LogP contribution in [0.4, 0.5) is 9.93 Å². The highest BCUT2D eigenvalue weighted by Gasteiger charge is 2.52. The number of nitrogens with zero attached hydrogens (tertiary/aromatic N) is 3. The fourth-order valence-corrected chi connectivity index (χ4v) is 5.91. The topological polar surface area (TPSA) is 96.3 Å². The minimum atomic E-state index is -0.811. The van der Waals surface area contributed by atoms with Crippen LogP contribution in [0.25, 0.3) is 11.3 Å². The number of hydrogen-bond acceptors (Lipinski definition) is 5. The second-order valence-corrected chi connectivity index (χ2v) is 10.2. The van der Waals surface area contributed by atoms with Crippen molar-refractivity contribution in [1.29, 1.82) is 0 Å². The van der Waals surface area contributed by atoms with Crippen LogP contribution in [0.3, 0.4) is 0 Å². The van der Waals surface area contributed by atoms with Gasteiger partial charge in [0.15, 0.2) is 5.13 Å². The number of nitrogens with one attached hydrogen (secondary N) is 2. The van der Waals surface area contributed by atoms with E-state index in [-0.39, 0.29) is 12.5 Å². The molecular formula is C26H29N5O3S. The Bertz CT molecular complexity index is 1270. The fraction of sp³-hybridized carbons (Fsp3) is 0.385. The number of aryl methyl sites for hydroxylation is 2. The third kappa shape index (κ3) is 4.48. The van der Waals surface area contributed by atoms with E-state index >= 15 is 0 Å². The number of anilines is 1. The normalized spacial score (nSPS) is 16.8. The summed E-state index contributed by atoms with van der Waals surface area (Å²) in [6.45, 7) is 4.74. The van der Waals surface area contributed by atoms with E-state index in [1.165, 1.54) is 16.9 Å². The zero-order valence-corrected chi connectivity index (χ0v) is 20.8. The van der Waals surface area contributed by atoms with Gasteiger partial charge < -0.3 is 15.2 Å². The summed E-state index contributed by atoms with van der Waals surface area (Å²) < 4.78 is 2.29. The molecule has 0 bridgehead atoms. The number of thiazole rings is 1. The molecule has 35 heavy (non-hydrogen) atoms. The maximum absolute atomic E-state index is 12.8. The van der Waals surface area contributed by atoms with Crippen molar-refractivity contribution in [3.63, 3.8) is 0 Å². The minimum Gasteiger partial charge on any atom is -0.348 e. The van der Waals surface area contributed by atoms with Gasteiger partial charge in [0.2, 0.25) is 5.91 Å². The Morgan fingerprint density at radius 3 is 2.66 bits per heavy atom. The fourth-order valence-electron chi connectivity index (χ4n) is 5.18. The molecule has 0 radical (unpaired) electrons. The molecular weight excluding hydrogens is 462 g/mol. The first-order valence-electron chi connectivity index (χ1n) is 12.0. The summed E-state index contributed by atoms with van der Waals surface area (Å²) in [5.74, 6) is -0.726. The SMILES string of the molecule is Cc1cc(-c2csc(NC(=O)CN3C(=O)NC4(CCCC4)C3=O)n2)c(C)n1CCc1ccccc1. The highest BCUT2D eigenvalue weighted by molar-refractivity contribution is 7.14. The minimum absolute atomic E-state index is 0.294. The quantitative estimate of drug-likeness (QED) is 0.483. The number of aromatic nitrogens is 2. The van der Waals surface area contributed by atoms with Crippen LogP contribution >= 0.6 is 11.3 Å². The maximum Gasteiger partial charge on any atom is 0.325 e. The van der Waals surface area contributed by atoms with E-state index in [2.05, 4.69) is 64.4 Å². The Labute approximate surface area is 208 Å². The van der Waals surface area contributed by atoms with E-state index < -0.39 is 17.5 Å². The van der Waals surface area contributed by atoms with Crippen LogP contribution in [0.15, 0.2) is 41.8 Å². The van der Waals surface area contributed by atoms with E-state index in [1.54, 1.807) is 0 Å². The van der Waals surface area contributed by atoms with Gasteiger partial charge in [-0.1, -0.05) is 43.2 Å². The van der Waals surface area contributed by atoms with Crippen LogP contribution in [0.2, 0.25) is 0 Å². The lowest BCUT2D eigenvalue weighted by Gasteiger charge is -2.19. The van der Waals surface area contributed by atoms with Gasteiger partial charge in [-0.05, 0) is 44.7 Å². The molecule has 5 rings (SSSR count). The van der Waals surface area contributed by atoms with Crippen LogP contribution in [0.1, 0.15) is 42.6 Å². The zero-order chi connectivity index (χ0) is 24.6. The lowest BCUT2D eigenvalue weighted by molar-refractivity contribution is -0.133. The van der Waals surface area contributed by atoms with E-state index in [4.69, 9.17) is 0 Å². The molecule has 9 heteroatoms. The van der Waals surface area contributed by atoms with Crippen LogP contribution in [-0.4, -0.2) is 44.4 Å². The van der Waals surface area contributed by atoms with Gasteiger partial charge in [0, 0.05) is 28.9 Å². The maximum atomic E-state index is 12.8. The lowest BCUT2D eigenvalue weighted by atomic mass is 9.98. The molecule has 4 amide bonds. The predicted octanol–water partition coefficient (Wildman–Crippen LogP) is 4.27. The Morgan fingerprint density at radius 1 is 1.17 bits per heavy atom. The molecule has 1 spiro atoms. The summed E-state index contributed by atoms with van der Waals surface area (Å²) >= 11 is 1.33. The van der Waals surface area contributed by atoms with Gasteiger partial charge in [0.25, 0.3) is 5.91 Å². The molecule has 2 fully saturated rings. The molecule has 1 aliphatic carbocycles. The van der Waals surface area contributed by atoms with E-state index in [1.807, 2.05) is 11.4 Å². The lowest BCUT2D eigenvalue weighted by Crippen LogP contribution is -2.44. The van der Waals surface area contributed by atoms with Gasteiger partial charge in [-0.3, -0.25) is 14.5 Å². The highest BCUT2D eigenvalue weighted by atomic mass is 32.1. The summed E-state index contributed by atoms with van der Waals surface area (Å²) in [6.07, 6.45) is 4.02. The smallest absolute Gasteiger partial charge is 0.325 e. The van der Waals surface area contributed by atoms with Crippen molar-refractivity contribution in [3.05, 3.63) is 58.7 Å². The summed E-state index contributed by atoms with van der Waals surface area (Å²) in [5, 5.41) is 7.92. The standard InChI is InChI=1S/C26H29N5O3S/c1-17-14-20(18(2)30(17)13-10-19-8-4-3-5-9-19)21-16-35-24(27-21)28-22(32)15-31-23(33)26(29-25(31)34)11-6-7-12-26/h3-5,8-9,14,16H,6-7,10-13,15H2,1-2H3,(H,29,34)(H,27,28,32). The van der Waals surface area contributed by atoms with Crippen molar-refractivity contribution in [1.82, 2.24) is 19.8 Å². The van der Waals surface area contributed by atoms with E-state index in [0.29, 0.717) is 18.0 Å². The number of rotatable bonds is 7. The number of urea groups is 1. The summed E-state index contributed by atoms with van der Waals surface area (Å²) in [5.41, 5.74) is 4.60. The molecule has 1 aromatic carbocycles. The molecule has 182 valence electrons. The van der Waals surface area contributed by atoms with Crippen molar-refractivity contribution >= 4 is 34.3 Å². The number of benzene rings is 1. The Kier molecular flexibility index (Phi) is 6.19. The van der Waals surface area contributed by atoms with Gasteiger partial charge in [0.05, 0.1) is 5.69 Å². The molecule has 2 N–H and O–H groups in total. The molecule has 1 saturated carbocycles. The van der Waals surface area contributed by atoms with E-state index in [9.17, 15) is 14.4 Å². The van der Waals surface area contributed by atoms with Gasteiger partial charge in [0.1, 0.15) is 12.1 Å². The van der Waals surface area contributed by atoms with Gasteiger partial charge >= 0.3 is 6.03 Å². The van der Waals surface area contributed by atoms with Crippen LogP contribution in [-0.2, 0) is 22.6 Å². The average molecular weight is 492 g/mol. The van der Waals surface area contributed by atoms with Gasteiger partial charge in [-0.15, -0.1) is 11.3 Å². The van der Waals surface area contributed by atoms with Gasteiger partial charge in [-0.2, -0.15) is 0 Å².